The van der Waals surface area contributed by atoms with Crippen LogP contribution in [0.15, 0.2) is 47.1 Å². The molecule has 0 saturated heterocycles. The molecule has 4 aromatic rings. The van der Waals surface area contributed by atoms with Crippen LogP contribution in [0.25, 0.3) is 28.2 Å². The lowest BCUT2D eigenvalue weighted by Crippen LogP contribution is -2.39. The number of carbonyl (C=O) groups is 2. The van der Waals surface area contributed by atoms with E-state index >= 15 is 0 Å². The van der Waals surface area contributed by atoms with Crippen molar-refractivity contribution in [3.63, 3.8) is 0 Å². The van der Waals surface area contributed by atoms with Crippen LogP contribution in [-0.4, -0.2) is 37.9 Å². The number of nitrogen functional groups attached to an aromatic ring is 1. The van der Waals surface area contributed by atoms with E-state index in [9.17, 15) is 9.59 Å². The molecule has 4 heterocycles. The Balaban J connectivity index is 1.30. The second-order valence-corrected chi connectivity index (χ2v) is 13.2. The minimum absolute atomic E-state index is 0.111. The molecule has 2 atom stereocenters. The lowest BCUT2D eigenvalue weighted by Gasteiger charge is -2.30. The number of nitrogens with one attached hydrogen (secondary N) is 3. The number of nitrogens with two attached hydrogens (primary N) is 1. The molecule has 0 spiro atoms. The minimum atomic E-state index is -0.422. The summed E-state index contributed by atoms with van der Waals surface area (Å²) in [5, 5.41) is 18.8. The van der Waals surface area contributed by atoms with Crippen molar-refractivity contribution in [1.82, 2.24) is 25.2 Å². The molecule has 45 heavy (non-hydrogen) atoms. The van der Waals surface area contributed by atoms with Crippen LogP contribution in [0.5, 0.6) is 0 Å². The third kappa shape index (κ3) is 6.87. The Bertz CT molecular complexity index is 1710. The van der Waals surface area contributed by atoms with E-state index in [2.05, 4.69) is 42.9 Å². The zero-order chi connectivity index (χ0) is 31.6. The molecule has 11 heteroatoms. The predicted molar refractivity (Wildman–Crippen MR) is 177 cm³/mol. The highest BCUT2D eigenvalue weighted by Crippen LogP contribution is 2.39. The maximum Gasteiger partial charge on any atom is 0.324 e. The number of hydrogen-bond donors (Lipinski definition) is 4. The first-order chi connectivity index (χ1) is 21.7. The Hall–Kier alpha value is -4.67. The molecule has 0 radical (unpaired) electrons. The molecule has 1 aliphatic heterocycles. The standard InChI is InChI=1S/C34H42N8O3/c1-34(2,3)26-19-27(41-45-26)39-33(44)38-23-16-14-21(15-17-23)30-29-31-22(20-36-32(29)35)10-7-5-4-6-8-13-28(43)37-24-11-9-12-25(18-24)42(31)40-30/h7,10,14-17,19-20,24-25H,4-6,8-9,11-13,18H2,1-3H3,(H2,35,36)(H,37,43)(H2,38,39,41,44)/b10-7+/t24-,25-/m1/s1. The lowest BCUT2D eigenvalue weighted by molar-refractivity contribution is -0.122. The van der Waals surface area contributed by atoms with Crippen molar-refractivity contribution in [2.24, 2.45) is 0 Å². The topological polar surface area (TPSA) is 153 Å². The van der Waals surface area contributed by atoms with Gasteiger partial charge in [0.05, 0.1) is 16.9 Å². The number of hydrogen-bond acceptors (Lipinski definition) is 7. The van der Waals surface area contributed by atoms with Crippen LogP contribution in [0.3, 0.4) is 0 Å². The molecule has 2 bridgehead atoms. The van der Waals surface area contributed by atoms with Crippen molar-refractivity contribution in [2.75, 3.05) is 16.4 Å². The highest BCUT2D eigenvalue weighted by atomic mass is 16.5. The molecule has 5 N–H and O–H groups in total. The molecule has 3 amide bonds. The zero-order valence-electron chi connectivity index (χ0n) is 26.2. The molecule has 2 aliphatic rings. The van der Waals surface area contributed by atoms with Gasteiger partial charge in [-0.2, -0.15) is 5.10 Å². The third-order valence-electron chi connectivity index (χ3n) is 8.62. The summed E-state index contributed by atoms with van der Waals surface area (Å²) >= 11 is 0. The van der Waals surface area contributed by atoms with Gasteiger partial charge in [-0.05, 0) is 57.1 Å². The van der Waals surface area contributed by atoms with E-state index in [0.717, 1.165) is 79.1 Å². The van der Waals surface area contributed by atoms with E-state index in [1.54, 1.807) is 6.07 Å². The van der Waals surface area contributed by atoms with Gasteiger partial charge in [0, 0.05) is 47.0 Å². The van der Waals surface area contributed by atoms with Crippen LogP contribution in [0.1, 0.15) is 95.9 Å². The largest absolute Gasteiger partial charge is 0.383 e. The van der Waals surface area contributed by atoms with Gasteiger partial charge in [-0.3, -0.25) is 14.8 Å². The number of aromatic nitrogens is 4. The highest BCUT2D eigenvalue weighted by Gasteiger charge is 2.29. The van der Waals surface area contributed by atoms with Crippen LogP contribution in [0.4, 0.5) is 22.1 Å². The first kappa shape index (κ1) is 30.4. The fourth-order valence-electron chi connectivity index (χ4n) is 6.24. The summed E-state index contributed by atoms with van der Waals surface area (Å²) in [5.41, 5.74) is 10.5. The number of carbonyl (C=O) groups excluding carboxylic acids is 2. The third-order valence-corrected chi connectivity index (χ3v) is 8.62. The summed E-state index contributed by atoms with van der Waals surface area (Å²) in [7, 11) is 0. The van der Waals surface area contributed by atoms with Gasteiger partial charge in [-0.25, -0.2) is 9.78 Å². The van der Waals surface area contributed by atoms with E-state index in [4.69, 9.17) is 15.4 Å². The predicted octanol–water partition coefficient (Wildman–Crippen LogP) is 7.19. The van der Waals surface area contributed by atoms with Crippen molar-refractivity contribution in [3.8, 4) is 11.3 Å². The fraction of sp³-hybridized carbons (Fsp3) is 0.441. The molecule has 0 unspecified atom stereocenters. The number of pyridine rings is 1. The zero-order valence-corrected chi connectivity index (χ0v) is 26.2. The summed E-state index contributed by atoms with van der Waals surface area (Å²) < 4.78 is 7.48. The molecule has 1 aliphatic carbocycles. The molecule has 236 valence electrons. The second-order valence-electron chi connectivity index (χ2n) is 13.2. The van der Waals surface area contributed by atoms with Crippen molar-refractivity contribution in [1.29, 1.82) is 0 Å². The number of rotatable bonds is 3. The number of urea groups is 1. The van der Waals surface area contributed by atoms with Gasteiger partial charge < -0.3 is 20.9 Å². The van der Waals surface area contributed by atoms with Crippen LogP contribution in [0.2, 0.25) is 0 Å². The Morgan fingerprint density at radius 1 is 1.09 bits per heavy atom. The van der Waals surface area contributed by atoms with E-state index in [0.29, 0.717) is 29.5 Å². The normalized spacial score (nSPS) is 20.1. The maximum atomic E-state index is 12.7. The van der Waals surface area contributed by atoms with Gasteiger partial charge >= 0.3 is 6.03 Å². The highest BCUT2D eigenvalue weighted by molar-refractivity contribution is 6.04. The van der Waals surface area contributed by atoms with Gasteiger partial charge in [0.15, 0.2) is 5.82 Å². The number of amides is 3. The first-order valence-corrected chi connectivity index (χ1v) is 15.9. The van der Waals surface area contributed by atoms with Gasteiger partial charge in [0.1, 0.15) is 17.3 Å². The number of benzene rings is 1. The monoisotopic (exact) mass is 610 g/mol. The summed E-state index contributed by atoms with van der Waals surface area (Å²) in [6.45, 7) is 6.04. The summed E-state index contributed by atoms with van der Waals surface area (Å²) in [6, 6.07) is 9.05. The molecule has 1 aromatic carbocycles. The molecular weight excluding hydrogens is 568 g/mol. The lowest BCUT2D eigenvalue weighted by atomic mass is 9.90. The van der Waals surface area contributed by atoms with E-state index < -0.39 is 6.03 Å². The van der Waals surface area contributed by atoms with Gasteiger partial charge in [-0.1, -0.05) is 56.6 Å². The number of fused-ring (bicyclic) bond motifs is 3. The van der Waals surface area contributed by atoms with Gasteiger partial charge in [0.2, 0.25) is 5.91 Å². The van der Waals surface area contributed by atoms with Crippen LogP contribution in [0, 0.1) is 0 Å². The fourth-order valence-corrected chi connectivity index (χ4v) is 6.24. The number of allylic oxidation sites excluding steroid dienone is 1. The van der Waals surface area contributed by atoms with Crippen LogP contribution >= 0.6 is 0 Å². The van der Waals surface area contributed by atoms with E-state index in [1.165, 1.54) is 0 Å². The van der Waals surface area contributed by atoms with Gasteiger partial charge in [-0.15, -0.1) is 0 Å². The quantitative estimate of drug-likeness (QED) is 0.191. The van der Waals surface area contributed by atoms with Crippen molar-refractivity contribution < 1.29 is 14.1 Å². The first-order valence-electron chi connectivity index (χ1n) is 15.9. The van der Waals surface area contributed by atoms with E-state index in [1.807, 2.05) is 51.2 Å². The molecule has 3 aromatic heterocycles. The molecule has 1 saturated carbocycles. The van der Waals surface area contributed by atoms with Gasteiger partial charge in [0.25, 0.3) is 0 Å². The number of nitrogens with zero attached hydrogens (tertiary/aromatic N) is 4. The SMILES string of the molecule is CC(C)(C)c1cc(NC(=O)Nc2ccc(-c3nn4c5c(cnc(N)c35)/C=C/CCCCCC(=O)N[C@@H]3CCC[C@@H]4C3)cc2)no1. The van der Waals surface area contributed by atoms with Crippen molar-refractivity contribution in [2.45, 2.75) is 96.1 Å². The smallest absolute Gasteiger partial charge is 0.324 e. The Morgan fingerprint density at radius 3 is 2.69 bits per heavy atom. The molecule has 6 rings (SSSR count). The summed E-state index contributed by atoms with van der Waals surface area (Å²) in [6.07, 6.45) is 14.4. The molecule has 11 nitrogen and oxygen atoms in total. The van der Waals surface area contributed by atoms with Crippen molar-refractivity contribution >= 4 is 46.2 Å². The van der Waals surface area contributed by atoms with Crippen LogP contribution < -0.4 is 21.7 Å². The Morgan fingerprint density at radius 2 is 1.91 bits per heavy atom. The van der Waals surface area contributed by atoms with Crippen LogP contribution in [-0.2, 0) is 10.2 Å². The van der Waals surface area contributed by atoms with E-state index in [-0.39, 0.29) is 23.4 Å². The maximum absolute atomic E-state index is 12.7. The minimum Gasteiger partial charge on any atom is -0.383 e. The summed E-state index contributed by atoms with van der Waals surface area (Å²) in [5.74, 6) is 1.60. The number of anilines is 3. The Labute approximate surface area is 263 Å². The van der Waals surface area contributed by atoms with Crippen molar-refractivity contribution in [3.05, 3.63) is 53.9 Å². The average molecular weight is 611 g/mol. The Kier molecular flexibility index (Phi) is 8.60. The summed E-state index contributed by atoms with van der Waals surface area (Å²) in [4.78, 5) is 29.9. The molecular formula is C34H42N8O3. The second kappa shape index (κ2) is 12.7. The molecule has 1 fully saturated rings. The average Bonchev–Trinajstić information content (AvgIpc) is 3.64.